The Labute approximate surface area is 207 Å². The van der Waals surface area contributed by atoms with Crippen molar-refractivity contribution < 1.29 is 4.79 Å². The number of anilines is 3. The number of aromatic nitrogens is 5. The van der Waals surface area contributed by atoms with Gasteiger partial charge < -0.3 is 15.2 Å². The van der Waals surface area contributed by atoms with Crippen LogP contribution in [-0.2, 0) is 11.3 Å². The molecule has 0 atom stereocenters. The number of aryl methyl sites for hydroxylation is 2. The van der Waals surface area contributed by atoms with E-state index in [0.29, 0.717) is 13.0 Å². The quantitative estimate of drug-likeness (QED) is 0.326. The van der Waals surface area contributed by atoms with Crippen LogP contribution in [0.15, 0.2) is 85.2 Å². The van der Waals surface area contributed by atoms with Crippen molar-refractivity contribution in [2.75, 3.05) is 10.6 Å². The highest BCUT2D eigenvalue weighted by Gasteiger charge is 2.15. The van der Waals surface area contributed by atoms with E-state index in [1.54, 1.807) is 0 Å². The van der Waals surface area contributed by atoms with Crippen molar-refractivity contribution in [3.05, 3.63) is 90.9 Å². The molecule has 0 saturated carbocycles. The third kappa shape index (κ3) is 4.20. The van der Waals surface area contributed by atoms with E-state index in [4.69, 9.17) is 9.97 Å². The molecule has 3 aromatic carbocycles. The molecule has 0 spiro atoms. The van der Waals surface area contributed by atoms with Gasteiger partial charge in [0, 0.05) is 41.5 Å². The van der Waals surface area contributed by atoms with E-state index in [2.05, 4.69) is 31.2 Å². The monoisotopic (exact) mass is 473 g/mol. The Morgan fingerprint density at radius 1 is 0.861 bits per heavy atom. The van der Waals surface area contributed by atoms with Crippen molar-refractivity contribution in [3.8, 4) is 0 Å². The van der Waals surface area contributed by atoms with Crippen LogP contribution < -0.4 is 10.6 Å². The Balaban J connectivity index is 1.19. The van der Waals surface area contributed by atoms with Crippen LogP contribution in [0.4, 0.5) is 17.2 Å². The molecule has 1 amide bonds. The molecule has 0 bridgehead atoms. The van der Waals surface area contributed by atoms with Gasteiger partial charge in [0.1, 0.15) is 17.7 Å². The molecule has 0 saturated heterocycles. The van der Waals surface area contributed by atoms with Gasteiger partial charge in [0.05, 0.1) is 16.6 Å². The van der Waals surface area contributed by atoms with Gasteiger partial charge >= 0.3 is 0 Å². The molecule has 0 aliphatic rings. The fraction of sp³-hybridized carbons (Fsp3) is 0.107. The van der Waals surface area contributed by atoms with Crippen LogP contribution in [0.3, 0.4) is 0 Å². The summed E-state index contributed by atoms with van der Waals surface area (Å²) in [6.07, 6.45) is 1.83. The zero-order valence-electron chi connectivity index (χ0n) is 19.6. The van der Waals surface area contributed by atoms with Gasteiger partial charge in [0.15, 0.2) is 5.65 Å². The van der Waals surface area contributed by atoms with Crippen LogP contribution in [0.25, 0.3) is 33.1 Å². The molecule has 6 rings (SSSR count). The van der Waals surface area contributed by atoms with Gasteiger partial charge in [0.2, 0.25) is 5.91 Å². The molecule has 0 aliphatic carbocycles. The van der Waals surface area contributed by atoms with Crippen LogP contribution in [0, 0.1) is 6.92 Å². The minimum atomic E-state index is -0.0678. The lowest BCUT2D eigenvalue weighted by atomic mass is 10.2. The third-order valence-electron chi connectivity index (χ3n) is 6.07. The smallest absolute Gasteiger partial charge is 0.226 e. The number of rotatable bonds is 6. The van der Waals surface area contributed by atoms with Crippen molar-refractivity contribution in [2.45, 2.75) is 19.9 Å². The van der Waals surface area contributed by atoms with Crippen molar-refractivity contribution in [1.29, 1.82) is 0 Å². The van der Waals surface area contributed by atoms with E-state index in [-0.39, 0.29) is 5.91 Å². The first-order chi connectivity index (χ1) is 17.6. The molecule has 8 nitrogen and oxygen atoms in total. The second-order valence-corrected chi connectivity index (χ2v) is 8.60. The number of benzene rings is 3. The molecule has 0 radical (unpaired) electrons. The van der Waals surface area contributed by atoms with Gasteiger partial charge in [-0.05, 0) is 49.4 Å². The highest BCUT2D eigenvalue weighted by atomic mass is 16.1. The van der Waals surface area contributed by atoms with Gasteiger partial charge in [-0.1, -0.05) is 30.3 Å². The third-order valence-corrected chi connectivity index (χ3v) is 6.07. The Morgan fingerprint density at radius 3 is 2.39 bits per heavy atom. The minimum absolute atomic E-state index is 0.0678. The highest BCUT2D eigenvalue weighted by molar-refractivity contribution is 6.06. The predicted octanol–water partition coefficient (Wildman–Crippen LogP) is 5.61. The first kappa shape index (κ1) is 21.7. The minimum Gasteiger partial charge on any atom is -0.340 e. The number of hydrogen-bond donors (Lipinski definition) is 2. The van der Waals surface area contributed by atoms with Gasteiger partial charge in [0.25, 0.3) is 0 Å². The summed E-state index contributed by atoms with van der Waals surface area (Å²) in [4.78, 5) is 30.9. The van der Waals surface area contributed by atoms with E-state index in [9.17, 15) is 4.79 Å². The summed E-state index contributed by atoms with van der Waals surface area (Å²) in [7, 11) is 0. The molecule has 8 heteroatoms. The van der Waals surface area contributed by atoms with E-state index >= 15 is 0 Å². The number of hydrogen-bond acceptors (Lipinski definition) is 6. The molecule has 0 unspecified atom stereocenters. The molecule has 3 heterocycles. The van der Waals surface area contributed by atoms with E-state index < -0.39 is 0 Å². The number of fused-ring (bicyclic) bond motifs is 4. The molecular formula is C28H23N7O. The fourth-order valence-electron chi connectivity index (χ4n) is 4.35. The summed E-state index contributed by atoms with van der Waals surface area (Å²) in [6, 6.07) is 25.4. The molecular weight excluding hydrogens is 450 g/mol. The van der Waals surface area contributed by atoms with Crippen LogP contribution in [-0.4, -0.2) is 30.4 Å². The number of carbonyl (C=O) groups excluding carboxylic acids is 1. The van der Waals surface area contributed by atoms with Crippen molar-refractivity contribution in [3.63, 3.8) is 0 Å². The standard InChI is InChI=1S/C28H23N7O/c1-18-16-25(30-17-29-18)31-19-10-12-20(13-11-19)32-26(36)14-15-35-24-9-5-2-6-21(24)27-28(35)34-23-8-4-3-7-22(23)33-27/h2-13,16-17H,14-15H2,1H3,(H,32,36)(H,29,30,31). The molecule has 176 valence electrons. The van der Waals surface area contributed by atoms with Crippen molar-refractivity contribution in [1.82, 2.24) is 24.5 Å². The average Bonchev–Trinajstić information content (AvgIpc) is 3.20. The maximum atomic E-state index is 12.8. The number of carbonyl (C=O) groups is 1. The van der Waals surface area contributed by atoms with Crippen LogP contribution in [0.5, 0.6) is 0 Å². The zero-order valence-corrected chi connectivity index (χ0v) is 19.6. The van der Waals surface area contributed by atoms with E-state index in [1.165, 1.54) is 6.33 Å². The molecule has 3 aromatic heterocycles. The summed E-state index contributed by atoms with van der Waals surface area (Å²) in [6.45, 7) is 2.41. The largest absolute Gasteiger partial charge is 0.340 e. The summed E-state index contributed by atoms with van der Waals surface area (Å²) in [5, 5.41) is 7.26. The Morgan fingerprint density at radius 2 is 1.58 bits per heavy atom. The summed E-state index contributed by atoms with van der Waals surface area (Å²) >= 11 is 0. The second-order valence-electron chi connectivity index (χ2n) is 8.60. The first-order valence-corrected chi connectivity index (χ1v) is 11.7. The molecule has 6 aromatic rings. The first-order valence-electron chi connectivity index (χ1n) is 11.7. The van der Waals surface area contributed by atoms with Crippen molar-refractivity contribution >= 4 is 56.2 Å². The fourth-order valence-corrected chi connectivity index (χ4v) is 4.35. The Bertz CT molecular complexity index is 1720. The lowest BCUT2D eigenvalue weighted by Gasteiger charge is -2.10. The Hall–Kier alpha value is -4.85. The van der Waals surface area contributed by atoms with Gasteiger partial charge in [-0.25, -0.2) is 19.9 Å². The second kappa shape index (κ2) is 9.07. The SMILES string of the molecule is Cc1cc(Nc2ccc(NC(=O)CCn3c4ccccc4c4nc5ccccc5nc43)cc2)ncn1. The van der Waals surface area contributed by atoms with Gasteiger partial charge in [-0.3, -0.25) is 4.79 Å². The number of para-hydroxylation sites is 3. The molecule has 36 heavy (non-hydrogen) atoms. The zero-order chi connectivity index (χ0) is 24.5. The number of nitrogens with zero attached hydrogens (tertiary/aromatic N) is 5. The normalized spacial score (nSPS) is 11.2. The summed E-state index contributed by atoms with van der Waals surface area (Å²) in [5.41, 5.74) is 6.86. The van der Waals surface area contributed by atoms with Crippen LogP contribution in [0.1, 0.15) is 12.1 Å². The van der Waals surface area contributed by atoms with Crippen LogP contribution >= 0.6 is 0 Å². The molecule has 2 N–H and O–H groups in total. The predicted molar refractivity (Wildman–Crippen MR) is 142 cm³/mol. The molecule has 0 aliphatic heterocycles. The van der Waals surface area contributed by atoms with Gasteiger partial charge in [-0.2, -0.15) is 0 Å². The highest BCUT2D eigenvalue weighted by Crippen LogP contribution is 2.28. The average molecular weight is 474 g/mol. The topological polar surface area (TPSA) is 97.6 Å². The van der Waals surface area contributed by atoms with E-state index in [0.717, 1.165) is 56.0 Å². The summed E-state index contributed by atoms with van der Waals surface area (Å²) < 4.78 is 2.08. The lowest BCUT2D eigenvalue weighted by molar-refractivity contribution is -0.116. The maximum Gasteiger partial charge on any atom is 0.226 e. The Kier molecular flexibility index (Phi) is 5.46. The number of nitrogens with one attached hydrogen (secondary N) is 2. The van der Waals surface area contributed by atoms with Crippen molar-refractivity contribution in [2.24, 2.45) is 0 Å². The summed E-state index contributed by atoms with van der Waals surface area (Å²) in [5.74, 6) is 0.656. The molecule has 0 fully saturated rings. The maximum absolute atomic E-state index is 12.8. The van der Waals surface area contributed by atoms with Gasteiger partial charge in [-0.15, -0.1) is 0 Å². The van der Waals surface area contributed by atoms with E-state index in [1.807, 2.05) is 79.7 Å². The van der Waals surface area contributed by atoms with Crippen LogP contribution in [0.2, 0.25) is 0 Å². The lowest BCUT2D eigenvalue weighted by Crippen LogP contribution is -2.14. The number of amides is 1.